The van der Waals surface area contributed by atoms with Crippen LogP contribution in [0.15, 0.2) is 18.3 Å². The zero-order chi connectivity index (χ0) is 14.7. The molecule has 2 N–H and O–H groups in total. The quantitative estimate of drug-likeness (QED) is 0.806. The molecule has 0 spiro atoms. The molecule has 0 radical (unpaired) electrons. The van der Waals surface area contributed by atoms with Gasteiger partial charge in [-0.2, -0.15) is 5.10 Å². The molecule has 1 aliphatic carbocycles. The number of rotatable bonds is 7. The lowest BCUT2D eigenvalue weighted by atomic mass is 10.2. The SMILES string of the molecule is CN(CCCO)c1nccc(Cc2cc(C3CC3)n[nH]2)n1. The Hall–Kier alpha value is -1.95. The highest BCUT2D eigenvalue weighted by molar-refractivity contribution is 5.30. The summed E-state index contributed by atoms with van der Waals surface area (Å²) in [7, 11) is 1.94. The zero-order valence-corrected chi connectivity index (χ0v) is 12.3. The average molecular weight is 287 g/mol. The van der Waals surface area contributed by atoms with Gasteiger partial charge in [0.25, 0.3) is 0 Å². The number of hydrogen-bond acceptors (Lipinski definition) is 5. The molecule has 0 aliphatic heterocycles. The van der Waals surface area contributed by atoms with Gasteiger partial charge < -0.3 is 10.0 Å². The molecule has 0 bridgehead atoms. The molecule has 1 aliphatic rings. The van der Waals surface area contributed by atoms with E-state index in [0.29, 0.717) is 11.9 Å². The van der Waals surface area contributed by atoms with Gasteiger partial charge in [0, 0.05) is 44.4 Å². The number of anilines is 1. The van der Waals surface area contributed by atoms with Crippen molar-refractivity contribution in [3.05, 3.63) is 35.4 Å². The largest absolute Gasteiger partial charge is 0.396 e. The summed E-state index contributed by atoms with van der Waals surface area (Å²) in [4.78, 5) is 10.8. The minimum atomic E-state index is 0.183. The summed E-state index contributed by atoms with van der Waals surface area (Å²) in [6.45, 7) is 0.929. The Labute approximate surface area is 124 Å². The Morgan fingerprint density at radius 2 is 2.29 bits per heavy atom. The van der Waals surface area contributed by atoms with E-state index in [9.17, 15) is 0 Å². The van der Waals surface area contributed by atoms with Crippen LogP contribution in [0.3, 0.4) is 0 Å². The predicted molar refractivity (Wildman–Crippen MR) is 80.4 cm³/mol. The molecular weight excluding hydrogens is 266 g/mol. The Morgan fingerprint density at radius 3 is 3.05 bits per heavy atom. The first kappa shape index (κ1) is 14.0. The van der Waals surface area contributed by atoms with Crippen LogP contribution in [0.4, 0.5) is 5.95 Å². The Kier molecular flexibility index (Phi) is 4.15. The predicted octanol–water partition coefficient (Wildman–Crippen LogP) is 1.49. The summed E-state index contributed by atoms with van der Waals surface area (Å²) in [5, 5.41) is 16.4. The smallest absolute Gasteiger partial charge is 0.225 e. The number of aliphatic hydroxyl groups is 1. The molecular formula is C15H21N5O. The number of aromatic amines is 1. The highest BCUT2D eigenvalue weighted by Gasteiger charge is 2.26. The maximum Gasteiger partial charge on any atom is 0.225 e. The molecule has 0 unspecified atom stereocenters. The zero-order valence-electron chi connectivity index (χ0n) is 12.3. The van der Waals surface area contributed by atoms with Crippen LogP contribution < -0.4 is 4.90 Å². The molecule has 0 atom stereocenters. The van der Waals surface area contributed by atoms with Gasteiger partial charge in [-0.1, -0.05) is 0 Å². The highest BCUT2D eigenvalue weighted by atomic mass is 16.3. The van der Waals surface area contributed by atoms with Crippen LogP contribution in [0, 0.1) is 0 Å². The van der Waals surface area contributed by atoms with Gasteiger partial charge in [-0.05, 0) is 31.4 Å². The van der Waals surface area contributed by atoms with Crippen LogP contribution in [-0.4, -0.2) is 45.5 Å². The third kappa shape index (κ3) is 3.58. The molecule has 2 aromatic heterocycles. The third-order valence-electron chi connectivity index (χ3n) is 3.71. The van der Waals surface area contributed by atoms with Crippen LogP contribution in [0.1, 0.15) is 42.3 Å². The van der Waals surface area contributed by atoms with Gasteiger partial charge >= 0.3 is 0 Å². The standard InChI is InChI=1S/C15H21N5O/c1-20(7-2-8-21)15-16-6-5-12(17-15)9-13-10-14(19-18-13)11-3-4-11/h5-6,10-11,21H,2-4,7-9H2,1H3,(H,18,19). The molecule has 21 heavy (non-hydrogen) atoms. The lowest BCUT2D eigenvalue weighted by Crippen LogP contribution is -2.22. The number of nitrogens with one attached hydrogen (secondary N) is 1. The second-order valence-corrected chi connectivity index (χ2v) is 5.62. The second kappa shape index (κ2) is 6.22. The first-order valence-corrected chi connectivity index (χ1v) is 7.44. The van der Waals surface area contributed by atoms with Gasteiger partial charge in [0.15, 0.2) is 0 Å². The van der Waals surface area contributed by atoms with Crippen LogP contribution in [0.2, 0.25) is 0 Å². The van der Waals surface area contributed by atoms with E-state index in [-0.39, 0.29) is 6.61 Å². The molecule has 1 fully saturated rings. The number of hydrogen-bond donors (Lipinski definition) is 2. The molecule has 3 rings (SSSR count). The van der Waals surface area contributed by atoms with Gasteiger partial charge in [-0.15, -0.1) is 0 Å². The van der Waals surface area contributed by atoms with Crippen molar-refractivity contribution in [3.8, 4) is 0 Å². The van der Waals surface area contributed by atoms with Crippen molar-refractivity contribution in [2.24, 2.45) is 0 Å². The molecule has 2 heterocycles. The van der Waals surface area contributed by atoms with Crippen molar-refractivity contribution < 1.29 is 5.11 Å². The van der Waals surface area contributed by atoms with Gasteiger partial charge in [-0.25, -0.2) is 9.97 Å². The van der Waals surface area contributed by atoms with Crippen LogP contribution in [0.5, 0.6) is 0 Å². The Balaban J connectivity index is 1.66. The van der Waals surface area contributed by atoms with E-state index in [4.69, 9.17) is 5.11 Å². The number of aromatic nitrogens is 4. The number of H-pyrrole nitrogens is 1. The Morgan fingerprint density at radius 1 is 1.43 bits per heavy atom. The highest BCUT2D eigenvalue weighted by Crippen LogP contribution is 2.39. The lowest BCUT2D eigenvalue weighted by Gasteiger charge is -2.16. The third-order valence-corrected chi connectivity index (χ3v) is 3.71. The summed E-state index contributed by atoms with van der Waals surface area (Å²) in [6, 6.07) is 4.08. The molecule has 2 aromatic rings. The van der Waals surface area contributed by atoms with Crippen molar-refractivity contribution in [1.82, 2.24) is 20.2 Å². The normalized spacial score (nSPS) is 14.4. The first-order chi connectivity index (χ1) is 10.3. The summed E-state index contributed by atoms with van der Waals surface area (Å²) in [5.41, 5.74) is 3.25. The van der Waals surface area contributed by atoms with Gasteiger partial charge in [0.05, 0.1) is 11.4 Å². The molecule has 0 saturated heterocycles. The fourth-order valence-corrected chi connectivity index (χ4v) is 2.33. The Bertz CT molecular complexity index is 593. The molecule has 0 aromatic carbocycles. The first-order valence-electron chi connectivity index (χ1n) is 7.44. The summed E-state index contributed by atoms with van der Waals surface area (Å²) in [6.07, 6.45) is 5.76. The van der Waals surface area contributed by atoms with Gasteiger partial charge in [0.1, 0.15) is 0 Å². The van der Waals surface area contributed by atoms with Crippen molar-refractivity contribution >= 4 is 5.95 Å². The maximum absolute atomic E-state index is 8.89. The van der Waals surface area contributed by atoms with Gasteiger partial charge in [-0.3, -0.25) is 5.10 Å². The van der Waals surface area contributed by atoms with Crippen molar-refractivity contribution in [2.75, 3.05) is 25.1 Å². The minimum Gasteiger partial charge on any atom is -0.396 e. The summed E-state index contributed by atoms with van der Waals surface area (Å²) >= 11 is 0. The van der Waals surface area contributed by atoms with Crippen molar-refractivity contribution in [3.63, 3.8) is 0 Å². The lowest BCUT2D eigenvalue weighted by molar-refractivity contribution is 0.290. The molecule has 6 nitrogen and oxygen atoms in total. The minimum absolute atomic E-state index is 0.183. The number of nitrogens with zero attached hydrogens (tertiary/aromatic N) is 4. The van der Waals surface area contributed by atoms with Gasteiger partial charge in [0.2, 0.25) is 5.95 Å². The van der Waals surface area contributed by atoms with E-state index in [1.165, 1.54) is 18.5 Å². The molecule has 6 heteroatoms. The summed E-state index contributed by atoms with van der Waals surface area (Å²) in [5.74, 6) is 1.36. The van der Waals surface area contributed by atoms with Crippen molar-refractivity contribution in [1.29, 1.82) is 0 Å². The van der Waals surface area contributed by atoms with E-state index in [0.717, 1.165) is 30.8 Å². The van der Waals surface area contributed by atoms with Crippen LogP contribution >= 0.6 is 0 Å². The molecule has 0 amide bonds. The van der Waals surface area contributed by atoms with Crippen LogP contribution in [-0.2, 0) is 6.42 Å². The van der Waals surface area contributed by atoms with E-state index < -0.39 is 0 Å². The van der Waals surface area contributed by atoms with E-state index in [2.05, 4.69) is 26.2 Å². The topological polar surface area (TPSA) is 77.9 Å². The second-order valence-electron chi connectivity index (χ2n) is 5.62. The monoisotopic (exact) mass is 287 g/mol. The van der Waals surface area contributed by atoms with Crippen molar-refractivity contribution in [2.45, 2.75) is 31.6 Å². The maximum atomic E-state index is 8.89. The van der Waals surface area contributed by atoms with E-state index in [1.54, 1.807) is 6.20 Å². The fourth-order valence-electron chi connectivity index (χ4n) is 2.33. The van der Waals surface area contributed by atoms with Crippen LogP contribution in [0.25, 0.3) is 0 Å². The average Bonchev–Trinajstić information content (AvgIpc) is 3.25. The van der Waals surface area contributed by atoms with E-state index in [1.807, 2.05) is 18.0 Å². The van der Waals surface area contributed by atoms with E-state index >= 15 is 0 Å². The fraction of sp³-hybridized carbons (Fsp3) is 0.533. The molecule has 112 valence electrons. The molecule has 1 saturated carbocycles. The summed E-state index contributed by atoms with van der Waals surface area (Å²) < 4.78 is 0. The number of aliphatic hydroxyl groups excluding tert-OH is 1.